The lowest BCUT2D eigenvalue weighted by molar-refractivity contribution is 0.104. The molecule has 1 heterocycles. The summed E-state index contributed by atoms with van der Waals surface area (Å²) in [5.41, 5.74) is 2.50. The van der Waals surface area contributed by atoms with Crippen LogP contribution in [-0.4, -0.2) is 28.9 Å². The molecular weight excluding hydrogens is 298 g/mol. The lowest BCUT2D eigenvalue weighted by Crippen LogP contribution is -2.21. The van der Waals surface area contributed by atoms with E-state index >= 15 is 0 Å². The summed E-state index contributed by atoms with van der Waals surface area (Å²) in [6.45, 7) is 1.91. The van der Waals surface area contributed by atoms with Crippen LogP contribution in [0.25, 0.3) is 0 Å². The van der Waals surface area contributed by atoms with Gasteiger partial charge in [-0.2, -0.15) is 0 Å². The molecule has 2 aromatic carbocycles. The van der Waals surface area contributed by atoms with E-state index in [-0.39, 0.29) is 5.78 Å². The molecule has 2 aromatic rings. The molecule has 1 saturated heterocycles. The highest BCUT2D eigenvalue weighted by atomic mass is 16.3. The standard InChI is InChI=1S/C21H23NO2/c23-20(17-9-3-1-4-10-17)15-19(22-13-7-8-14-22)16-21(24)18-11-5-2-6-12-18/h1-6,9-12,15,21,24H,7-8,13-14,16H2/b19-15+. The van der Waals surface area contributed by atoms with Gasteiger partial charge in [-0.05, 0) is 18.4 Å². The molecule has 0 aliphatic carbocycles. The van der Waals surface area contributed by atoms with Crippen LogP contribution in [-0.2, 0) is 0 Å². The highest BCUT2D eigenvalue weighted by Gasteiger charge is 2.20. The first kappa shape index (κ1) is 16.5. The summed E-state index contributed by atoms with van der Waals surface area (Å²) >= 11 is 0. The zero-order valence-corrected chi connectivity index (χ0v) is 13.8. The van der Waals surface area contributed by atoms with E-state index in [9.17, 15) is 9.90 Å². The maximum absolute atomic E-state index is 12.5. The molecule has 0 bridgehead atoms. The van der Waals surface area contributed by atoms with Gasteiger partial charge in [-0.3, -0.25) is 4.79 Å². The number of nitrogens with zero attached hydrogens (tertiary/aromatic N) is 1. The zero-order chi connectivity index (χ0) is 16.8. The normalized spacial score (nSPS) is 16.2. The minimum Gasteiger partial charge on any atom is -0.388 e. The van der Waals surface area contributed by atoms with E-state index in [0.29, 0.717) is 12.0 Å². The van der Waals surface area contributed by atoms with Crippen LogP contribution in [0.1, 0.15) is 41.3 Å². The molecule has 3 rings (SSSR count). The zero-order valence-electron chi connectivity index (χ0n) is 13.8. The van der Waals surface area contributed by atoms with Gasteiger partial charge < -0.3 is 10.0 Å². The summed E-state index contributed by atoms with van der Waals surface area (Å²) in [5, 5.41) is 10.6. The van der Waals surface area contributed by atoms with Gasteiger partial charge in [-0.15, -0.1) is 0 Å². The second-order valence-electron chi connectivity index (χ2n) is 6.19. The summed E-state index contributed by atoms with van der Waals surface area (Å²) in [6.07, 6.45) is 3.84. The minimum atomic E-state index is -0.596. The monoisotopic (exact) mass is 321 g/mol. The van der Waals surface area contributed by atoms with Crippen molar-refractivity contribution in [2.45, 2.75) is 25.4 Å². The number of carbonyl (C=O) groups is 1. The van der Waals surface area contributed by atoms with Crippen molar-refractivity contribution in [1.29, 1.82) is 0 Å². The molecule has 24 heavy (non-hydrogen) atoms. The van der Waals surface area contributed by atoms with Crippen LogP contribution in [0.4, 0.5) is 0 Å². The molecule has 0 aromatic heterocycles. The van der Waals surface area contributed by atoms with E-state index in [1.54, 1.807) is 6.08 Å². The summed E-state index contributed by atoms with van der Waals surface area (Å²) in [6, 6.07) is 18.9. The Bertz CT molecular complexity index is 688. The maximum Gasteiger partial charge on any atom is 0.187 e. The van der Waals surface area contributed by atoms with Crippen molar-refractivity contribution < 1.29 is 9.90 Å². The van der Waals surface area contributed by atoms with E-state index in [0.717, 1.165) is 37.2 Å². The molecule has 124 valence electrons. The molecule has 0 saturated carbocycles. The van der Waals surface area contributed by atoms with Crippen LogP contribution >= 0.6 is 0 Å². The van der Waals surface area contributed by atoms with Gasteiger partial charge in [0.05, 0.1) is 6.10 Å². The molecule has 1 aliphatic heterocycles. The molecule has 0 radical (unpaired) electrons. The first-order chi connectivity index (χ1) is 11.7. The molecule has 1 aliphatic rings. The maximum atomic E-state index is 12.5. The number of aliphatic hydroxyl groups is 1. The largest absolute Gasteiger partial charge is 0.388 e. The molecule has 1 fully saturated rings. The number of allylic oxidation sites excluding steroid dienone is 1. The van der Waals surface area contributed by atoms with E-state index in [1.807, 2.05) is 60.7 Å². The van der Waals surface area contributed by atoms with Crippen LogP contribution in [0.3, 0.4) is 0 Å². The first-order valence-electron chi connectivity index (χ1n) is 8.52. The van der Waals surface area contributed by atoms with Crippen molar-refractivity contribution in [3.63, 3.8) is 0 Å². The van der Waals surface area contributed by atoms with Gasteiger partial charge in [-0.25, -0.2) is 0 Å². The number of hydrogen-bond donors (Lipinski definition) is 1. The van der Waals surface area contributed by atoms with Crippen LogP contribution < -0.4 is 0 Å². The number of hydrogen-bond acceptors (Lipinski definition) is 3. The van der Waals surface area contributed by atoms with Crippen molar-refractivity contribution in [2.75, 3.05) is 13.1 Å². The van der Waals surface area contributed by atoms with Gasteiger partial charge in [0, 0.05) is 36.8 Å². The molecule has 3 heteroatoms. The lowest BCUT2D eigenvalue weighted by Gasteiger charge is -2.24. The van der Waals surface area contributed by atoms with Gasteiger partial charge >= 0.3 is 0 Å². The smallest absolute Gasteiger partial charge is 0.187 e. The first-order valence-corrected chi connectivity index (χ1v) is 8.52. The molecule has 3 nitrogen and oxygen atoms in total. The highest BCUT2D eigenvalue weighted by Crippen LogP contribution is 2.26. The summed E-state index contributed by atoms with van der Waals surface area (Å²) in [7, 11) is 0. The van der Waals surface area contributed by atoms with Crippen LogP contribution in [0.2, 0.25) is 0 Å². The summed E-state index contributed by atoms with van der Waals surface area (Å²) < 4.78 is 0. The summed E-state index contributed by atoms with van der Waals surface area (Å²) in [5.74, 6) is -0.00207. The van der Waals surface area contributed by atoms with E-state index in [4.69, 9.17) is 0 Å². The molecule has 0 spiro atoms. The SMILES string of the molecule is O=C(/C=C(\CC(O)c1ccccc1)N1CCCC1)c1ccccc1. The predicted octanol–water partition coefficient (Wildman–Crippen LogP) is 3.97. The number of aliphatic hydroxyl groups excluding tert-OH is 1. The Morgan fingerprint density at radius 2 is 1.58 bits per heavy atom. The quantitative estimate of drug-likeness (QED) is 0.646. The fraction of sp³-hybridized carbons (Fsp3) is 0.286. The molecular formula is C21H23NO2. The second kappa shape index (κ2) is 7.93. The number of rotatable bonds is 6. The highest BCUT2D eigenvalue weighted by molar-refractivity contribution is 6.04. The van der Waals surface area contributed by atoms with Gasteiger partial charge in [0.15, 0.2) is 5.78 Å². The number of ketones is 1. The minimum absolute atomic E-state index is 0.00207. The fourth-order valence-corrected chi connectivity index (χ4v) is 3.11. The van der Waals surface area contributed by atoms with Crippen LogP contribution in [0.5, 0.6) is 0 Å². The molecule has 0 amide bonds. The number of benzene rings is 2. The Balaban J connectivity index is 1.81. The van der Waals surface area contributed by atoms with Gasteiger partial charge in [-0.1, -0.05) is 60.7 Å². The van der Waals surface area contributed by atoms with Crippen LogP contribution in [0.15, 0.2) is 72.4 Å². The molecule has 1 N–H and O–H groups in total. The van der Waals surface area contributed by atoms with Gasteiger partial charge in [0.25, 0.3) is 0 Å². The third-order valence-electron chi connectivity index (χ3n) is 4.46. The Kier molecular flexibility index (Phi) is 5.44. The summed E-state index contributed by atoms with van der Waals surface area (Å²) in [4.78, 5) is 14.8. The Morgan fingerprint density at radius 1 is 1.00 bits per heavy atom. The molecule has 1 unspecified atom stereocenters. The number of likely N-dealkylation sites (tertiary alicyclic amines) is 1. The van der Waals surface area contributed by atoms with Crippen molar-refractivity contribution in [2.24, 2.45) is 0 Å². The van der Waals surface area contributed by atoms with E-state index < -0.39 is 6.10 Å². The Morgan fingerprint density at radius 3 is 2.21 bits per heavy atom. The Hall–Kier alpha value is -2.39. The van der Waals surface area contributed by atoms with Crippen molar-refractivity contribution >= 4 is 5.78 Å². The van der Waals surface area contributed by atoms with Crippen LogP contribution in [0, 0.1) is 0 Å². The fourth-order valence-electron chi connectivity index (χ4n) is 3.11. The van der Waals surface area contributed by atoms with Crippen molar-refractivity contribution in [1.82, 2.24) is 4.90 Å². The van der Waals surface area contributed by atoms with Crippen molar-refractivity contribution in [3.8, 4) is 0 Å². The molecule has 1 atom stereocenters. The van der Waals surface area contributed by atoms with Gasteiger partial charge in [0.1, 0.15) is 0 Å². The average molecular weight is 321 g/mol. The van der Waals surface area contributed by atoms with E-state index in [1.165, 1.54) is 0 Å². The Labute approximate surface area is 143 Å². The predicted molar refractivity (Wildman–Crippen MR) is 95.7 cm³/mol. The topological polar surface area (TPSA) is 40.5 Å². The third kappa shape index (κ3) is 4.12. The van der Waals surface area contributed by atoms with E-state index in [2.05, 4.69) is 4.90 Å². The lowest BCUT2D eigenvalue weighted by atomic mass is 10.0. The second-order valence-corrected chi connectivity index (χ2v) is 6.19. The average Bonchev–Trinajstić information content (AvgIpc) is 3.17. The third-order valence-corrected chi connectivity index (χ3v) is 4.46. The van der Waals surface area contributed by atoms with Gasteiger partial charge in [0.2, 0.25) is 0 Å². The van der Waals surface area contributed by atoms with Crippen molar-refractivity contribution in [3.05, 3.63) is 83.6 Å². The number of carbonyl (C=O) groups excluding carboxylic acids is 1.